The van der Waals surface area contributed by atoms with Crippen LogP contribution >= 0.6 is 11.6 Å². The third kappa shape index (κ3) is 5.54. The van der Waals surface area contributed by atoms with Gasteiger partial charge in [-0.2, -0.15) is 4.98 Å². The van der Waals surface area contributed by atoms with Crippen LogP contribution in [0.2, 0.25) is 5.02 Å². The molecule has 2 aromatic carbocycles. The molecule has 1 aliphatic heterocycles. The predicted octanol–water partition coefficient (Wildman–Crippen LogP) is 2.97. The molecule has 11 heteroatoms. The van der Waals surface area contributed by atoms with Crippen molar-refractivity contribution < 1.29 is 14.1 Å². The molecular weight excluding hydrogens is 496 g/mol. The number of fused-ring (bicyclic) bond motifs is 1. The van der Waals surface area contributed by atoms with E-state index in [1.54, 1.807) is 31.2 Å². The van der Waals surface area contributed by atoms with Crippen molar-refractivity contribution in [1.82, 2.24) is 24.6 Å². The van der Waals surface area contributed by atoms with Gasteiger partial charge in [0.1, 0.15) is 0 Å². The van der Waals surface area contributed by atoms with Gasteiger partial charge in [0.25, 0.3) is 11.4 Å². The van der Waals surface area contributed by atoms with Crippen LogP contribution in [-0.2, 0) is 22.6 Å². The summed E-state index contributed by atoms with van der Waals surface area (Å²) in [5.41, 5.74) is 1.93. The lowest BCUT2D eigenvalue weighted by atomic mass is 10.1. The Labute approximate surface area is 217 Å². The normalized spacial score (nSPS) is 13.8. The van der Waals surface area contributed by atoms with Gasteiger partial charge in [0, 0.05) is 62.2 Å². The van der Waals surface area contributed by atoms with E-state index < -0.39 is 0 Å². The van der Waals surface area contributed by atoms with Crippen LogP contribution < -0.4 is 10.5 Å². The highest BCUT2D eigenvalue weighted by Gasteiger charge is 2.20. The number of benzene rings is 2. The second-order valence-corrected chi connectivity index (χ2v) is 9.37. The number of piperazine rings is 1. The van der Waals surface area contributed by atoms with Crippen molar-refractivity contribution in [3.05, 3.63) is 70.0 Å². The second-order valence-electron chi connectivity index (χ2n) is 8.93. The number of rotatable bonds is 7. The van der Waals surface area contributed by atoms with Crippen molar-refractivity contribution in [1.29, 1.82) is 0 Å². The van der Waals surface area contributed by atoms with Gasteiger partial charge in [-0.25, -0.2) is 4.98 Å². The molecule has 4 aromatic rings. The highest BCUT2D eigenvalue weighted by Crippen LogP contribution is 2.21. The first-order chi connectivity index (χ1) is 17.9. The maximum atomic E-state index is 13.1. The number of carbonyl (C=O) groups excluding carboxylic acids is 2. The Hall–Kier alpha value is -4.05. The molecule has 10 nitrogen and oxygen atoms in total. The Morgan fingerprint density at radius 1 is 1.05 bits per heavy atom. The number of aryl methyl sites for hydroxylation is 1. The highest BCUT2D eigenvalue weighted by molar-refractivity contribution is 6.30. The van der Waals surface area contributed by atoms with Gasteiger partial charge in [0.05, 0.1) is 23.8 Å². The molecule has 2 aromatic heterocycles. The topological polar surface area (TPSA) is 114 Å². The lowest BCUT2D eigenvalue weighted by molar-refractivity contribution is -0.129. The van der Waals surface area contributed by atoms with Crippen LogP contribution in [-0.4, -0.2) is 62.5 Å². The standard InChI is InChI=1S/C26H25ClN6O4/c1-17(34)31-10-12-32(13-11-31)20-6-8-23-22(14-20)26(36)33(16-28-23)15-21(35)7-9-24-29-25(37-30-24)18-2-4-19(27)5-3-18/h2-6,8,14,16H,7,9-13,15H2,1H3. The first-order valence-electron chi connectivity index (χ1n) is 12.0. The maximum Gasteiger partial charge on any atom is 0.261 e. The highest BCUT2D eigenvalue weighted by atomic mass is 35.5. The molecule has 3 heterocycles. The van der Waals surface area contributed by atoms with Gasteiger partial charge in [0.15, 0.2) is 11.6 Å². The fraction of sp³-hybridized carbons (Fsp3) is 0.308. The molecule has 0 radical (unpaired) electrons. The molecule has 37 heavy (non-hydrogen) atoms. The Kier molecular flexibility index (Phi) is 7.00. The van der Waals surface area contributed by atoms with Crippen molar-refractivity contribution in [2.75, 3.05) is 31.1 Å². The summed E-state index contributed by atoms with van der Waals surface area (Å²) in [5.74, 6) is 0.693. The summed E-state index contributed by atoms with van der Waals surface area (Å²) in [4.78, 5) is 50.1. The summed E-state index contributed by atoms with van der Waals surface area (Å²) >= 11 is 5.91. The van der Waals surface area contributed by atoms with E-state index in [2.05, 4.69) is 20.0 Å². The lowest BCUT2D eigenvalue weighted by Gasteiger charge is -2.35. The number of anilines is 1. The number of hydrogen-bond donors (Lipinski definition) is 0. The van der Waals surface area contributed by atoms with E-state index in [0.29, 0.717) is 60.2 Å². The van der Waals surface area contributed by atoms with Gasteiger partial charge >= 0.3 is 0 Å². The fourth-order valence-electron chi connectivity index (χ4n) is 4.32. The van der Waals surface area contributed by atoms with Crippen molar-refractivity contribution >= 4 is 39.9 Å². The van der Waals surface area contributed by atoms with Crippen LogP contribution in [0.15, 0.2) is 58.1 Å². The van der Waals surface area contributed by atoms with Crippen LogP contribution in [0.3, 0.4) is 0 Å². The minimum Gasteiger partial charge on any atom is -0.368 e. The average Bonchev–Trinajstić information content (AvgIpc) is 3.38. The van der Waals surface area contributed by atoms with E-state index in [1.165, 1.54) is 10.9 Å². The average molecular weight is 521 g/mol. The van der Waals surface area contributed by atoms with E-state index in [4.69, 9.17) is 16.1 Å². The van der Waals surface area contributed by atoms with Crippen molar-refractivity contribution in [2.24, 2.45) is 0 Å². The molecule has 1 fully saturated rings. The van der Waals surface area contributed by atoms with Gasteiger partial charge in [-0.05, 0) is 42.5 Å². The minimum atomic E-state index is -0.271. The minimum absolute atomic E-state index is 0.0660. The molecule has 1 saturated heterocycles. The number of Topliss-reactive ketones (excluding diaryl/α,β-unsaturated/α-hetero) is 1. The molecule has 0 spiro atoms. The quantitative estimate of drug-likeness (QED) is 0.365. The van der Waals surface area contributed by atoms with Crippen LogP contribution in [0.5, 0.6) is 0 Å². The molecule has 190 valence electrons. The first-order valence-corrected chi connectivity index (χ1v) is 12.3. The fourth-order valence-corrected chi connectivity index (χ4v) is 4.45. The summed E-state index contributed by atoms with van der Waals surface area (Å²) < 4.78 is 6.61. The van der Waals surface area contributed by atoms with Gasteiger partial charge in [-0.3, -0.25) is 19.0 Å². The molecule has 0 atom stereocenters. The number of amides is 1. The molecule has 1 amide bonds. The predicted molar refractivity (Wildman–Crippen MR) is 139 cm³/mol. The van der Waals surface area contributed by atoms with E-state index in [0.717, 1.165) is 11.3 Å². The second kappa shape index (κ2) is 10.5. The first kappa shape index (κ1) is 24.6. The molecule has 0 aliphatic carbocycles. The summed E-state index contributed by atoms with van der Waals surface area (Å²) in [6, 6.07) is 12.6. The van der Waals surface area contributed by atoms with Crippen LogP contribution in [0.1, 0.15) is 19.2 Å². The molecule has 0 unspecified atom stereocenters. The van der Waals surface area contributed by atoms with Gasteiger partial charge in [-0.1, -0.05) is 16.8 Å². The zero-order valence-electron chi connectivity index (χ0n) is 20.3. The third-order valence-electron chi connectivity index (χ3n) is 6.43. The largest absolute Gasteiger partial charge is 0.368 e. The molecule has 0 saturated carbocycles. The summed E-state index contributed by atoms with van der Waals surface area (Å²) in [7, 11) is 0. The summed E-state index contributed by atoms with van der Waals surface area (Å²) in [6.07, 6.45) is 1.85. The van der Waals surface area contributed by atoms with Crippen LogP contribution in [0.25, 0.3) is 22.4 Å². The number of ketones is 1. The molecular formula is C26H25ClN6O4. The zero-order chi connectivity index (χ0) is 25.9. The number of nitrogens with zero attached hydrogens (tertiary/aromatic N) is 6. The summed E-state index contributed by atoms with van der Waals surface area (Å²) in [5, 5.41) is 5.00. The maximum absolute atomic E-state index is 13.1. The van der Waals surface area contributed by atoms with E-state index in [9.17, 15) is 14.4 Å². The molecule has 1 aliphatic rings. The number of aromatic nitrogens is 4. The number of halogens is 1. The van der Waals surface area contributed by atoms with Crippen molar-refractivity contribution in [3.8, 4) is 11.5 Å². The van der Waals surface area contributed by atoms with Crippen molar-refractivity contribution in [2.45, 2.75) is 26.3 Å². The van der Waals surface area contributed by atoms with Gasteiger partial charge in [0.2, 0.25) is 5.91 Å². The van der Waals surface area contributed by atoms with Gasteiger partial charge in [-0.15, -0.1) is 0 Å². The van der Waals surface area contributed by atoms with Crippen LogP contribution in [0, 0.1) is 0 Å². The number of carbonyl (C=O) groups is 2. The number of hydrogen-bond acceptors (Lipinski definition) is 8. The van der Waals surface area contributed by atoms with Crippen molar-refractivity contribution in [3.63, 3.8) is 0 Å². The zero-order valence-corrected chi connectivity index (χ0v) is 21.0. The summed E-state index contributed by atoms with van der Waals surface area (Å²) in [6.45, 7) is 4.14. The third-order valence-corrected chi connectivity index (χ3v) is 6.68. The SMILES string of the molecule is CC(=O)N1CCN(c2ccc3ncn(CC(=O)CCc4noc(-c5ccc(Cl)cc5)n4)c(=O)c3c2)CC1. The van der Waals surface area contributed by atoms with Gasteiger partial charge < -0.3 is 14.3 Å². The Bertz CT molecular complexity index is 1510. The monoisotopic (exact) mass is 520 g/mol. The molecule has 0 N–H and O–H groups in total. The Morgan fingerprint density at radius 3 is 2.54 bits per heavy atom. The Morgan fingerprint density at radius 2 is 1.81 bits per heavy atom. The molecule has 5 rings (SSSR count). The molecule has 0 bridgehead atoms. The van der Waals surface area contributed by atoms with E-state index >= 15 is 0 Å². The lowest BCUT2D eigenvalue weighted by Crippen LogP contribution is -2.48. The Balaban J connectivity index is 1.24. The van der Waals surface area contributed by atoms with Crippen LogP contribution in [0.4, 0.5) is 5.69 Å². The smallest absolute Gasteiger partial charge is 0.261 e. The van der Waals surface area contributed by atoms with E-state index in [-0.39, 0.29) is 30.2 Å². The van der Waals surface area contributed by atoms with E-state index in [1.807, 2.05) is 23.1 Å².